The molecule has 3 aliphatic heterocycles. The van der Waals surface area contributed by atoms with Crippen LogP contribution < -0.4 is 9.64 Å². The summed E-state index contributed by atoms with van der Waals surface area (Å²) in [7, 11) is 1.75. The van der Waals surface area contributed by atoms with Gasteiger partial charge in [-0.25, -0.2) is 0 Å². The Balaban J connectivity index is 1.33. The molecule has 208 valence electrons. The molecule has 0 saturated carbocycles. The van der Waals surface area contributed by atoms with Crippen molar-refractivity contribution >= 4 is 22.6 Å². The highest BCUT2D eigenvalue weighted by atomic mass is 16.5. The molecule has 40 heavy (non-hydrogen) atoms. The molecule has 3 saturated heterocycles. The van der Waals surface area contributed by atoms with Crippen molar-refractivity contribution in [1.29, 1.82) is 5.26 Å². The van der Waals surface area contributed by atoms with Gasteiger partial charge in [0.1, 0.15) is 18.2 Å². The van der Waals surface area contributed by atoms with Gasteiger partial charge >= 0.3 is 6.01 Å². The number of nitriles is 1. The number of likely N-dealkylation sites (tertiary alicyclic amines) is 2. The van der Waals surface area contributed by atoms with Gasteiger partial charge in [0.2, 0.25) is 5.91 Å². The van der Waals surface area contributed by atoms with E-state index in [-0.39, 0.29) is 23.4 Å². The number of aromatic amines is 1. The number of methoxy groups -OCH3 is 1. The first kappa shape index (κ1) is 26.2. The van der Waals surface area contributed by atoms with E-state index in [1.165, 1.54) is 6.08 Å². The SMILES string of the molecule is C=CC(=O)N1CC2(CCN(c3nc(OCCN4CC[C@H](OC)C4)nc(-c4c(C)ccc5[nH]ncc45)c3C#N)C2)C1. The number of anilines is 1. The zero-order valence-corrected chi connectivity index (χ0v) is 23.0. The van der Waals surface area contributed by atoms with Crippen LogP contribution in [0.15, 0.2) is 31.0 Å². The number of amides is 1. The van der Waals surface area contributed by atoms with E-state index in [0.29, 0.717) is 43.3 Å². The summed E-state index contributed by atoms with van der Waals surface area (Å²) in [4.78, 5) is 28.0. The Kier molecular flexibility index (Phi) is 6.90. The second-order valence-corrected chi connectivity index (χ2v) is 11.1. The minimum Gasteiger partial charge on any atom is -0.462 e. The molecule has 1 amide bonds. The lowest BCUT2D eigenvalue weighted by Crippen LogP contribution is -2.59. The van der Waals surface area contributed by atoms with E-state index in [1.807, 2.05) is 24.0 Å². The van der Waals surface area contributed by atoms with Gasteiger partial charge in [0, 0.05) is 69.3 Å². The molecule has 6 rings (SSSR count). The molecule has 1 atom stereocenters. The van der Waals surface area contributed by atoms with Crippen LogP contribution >= 0.6 is 0 Å². The third-order valence-electron chi connectivity index (χ3n) is 8.53. The Morgan fingerprint density at radius 1 is 1.30 bits per heavy atom. The quantitative estimate of drug-likeness (QED) is 0.428. The van der Waals surface area contributed by atoms with Crippen molar-refractivity contribution in [3.8, 4) is 23.3 Å². The first-order valence-corrected chi connectivity index (χ1v) is 13.7. The van der Waals surface area contributed by atoms with E-state index in [1.54, 1.807) is 13.3 Å². The summed E-state index contributed by atoms with van der Waals surface area (Å²) in [6, 6.07) is 6.65. The summed E-state index contributed by atoms with van der Waals surface area (Å²) in [5, 5.41) is 18.6. The molecule has 11 nitrogen and oxygen atoms in total. The van der Waals surface area contributed by atoms with Crippen LogP contribution in [-0.2, 0) is 9.53 Å². The second kappa shape index (κ2) is 10.5. The van der Waals surface area contributed by atoms with Crippen molar-refractivity contribution in [3.05, 3.63) is 42.1 Å². The van der Waals surface area contributed by atoms with Crippen molar-refractivity contribution < 1.29 is 14.3 Å². The summed E-state index contributed by atoms with van der Waals surface area (Å²) >= 11 is 0. The van der Waals surface area contributed by atoms with Gasteiger partial charge in [-0.05, 0) is 37.5 Å². The zero-order chi connectivity index (χ0) is 27.9. The molecule has 11 heteroatoms. The highest BCUT2D eigenvalue weighted by Gasteiger charge is 2.49. The Hall–Kier alpha value is -4.01. The summed E-state index contributed by atoms with van der Waals surface area (Å²) in [5.74, 6) is 0.536. The number of hydrogen-bond donors (Lipinski definition) is 1. The van der Waals surface area contributed by atoms with Crippen molar-refractivity contribution in [3.63, 3.8) is 0 Å². The van der Waals surface area contributed by atoms with Crippen molar-refractivity contribution in [2.24, 2.45) is 5.41 Å². The highest BCUT2D eigenvalue weighted by Crippen LogP contribution is 2.43. The summed E-state index contributed by atoms with van der Waals surface area (Å²) < 4.78 is 11.6. The summed E-state index contributed by atoms with van der Waals surface area (Å²) in [5.41, 5.74) is 3.66. The number of nitrogens with zero attached hydrogens (tertiary/aromatic N) is 7. The van der Waals surface area contributed by atoms with Crippen molar-refractivity contribution in [2.45, 2.75) is 25.9 Å². The van der Waals surface area contributed by atoms with Gasteiger partial charge in [0.25, 0.3) is 0 Å². The topological polar surface area (TPSA) is 124 Å². The fourth-order valence-corrected chi connectivity index (χ4v) is 6.33. The Morgan fingerprint density at radius 3 is 2.90 bits per heavy atom. The lowest BCUT2D eigenvalue weighted by Gasteiger charge is -2.47. The van der Waals surface area contributed by atoms with Gasteiger partial charge in [-0.1, -0.05) is 12.6 Å². The van der Waals surface area contributed by atoms with E-state index in [0.717, 1.165) is 61.1 Å². The zero-order valence-electron chi connectivity index (χ0n) is 23.0. The lowest BCUT2D eigenvalue weighted by atomic mass is 9.79. The van der Waals surface area contributed by atoms with Crippen LogP contribution in [0.1, 0.15) is 24.0 Å². The molecular weight excluding hydrogens is 508 g/mol. The second-order valence-electron chi connectivity index (χ2n) is 11.1. The van der Waals surface area contributed by atoms with Crippen molar-refractivity contribution in [2.75, 3.05) is 64.4 Å². The summed E-state index contributed by atoms with van der Waals surface area (Å²) in [6.07, 6.45) is 5.32. The first-order chi connectivity index (χ1) is 19.4. The number of benzene rings is 1. The molecule has 1 N–H and O–H groups in total. The highest BCUT2D eigenvalue weighted by molar-refractivity contribution is 5.97. The molecule has 3 aromatic rings. The number of aromatic nitrogens is 4. The molecule has 0 aliphatic carbocycles. The van der Waals surface area contributed by atoms with Gasteiger partial charge in [-0.15, -0.1) is 0 Å². The van der Waals surface area contributed by atoms with Crippen LogP contribution in [0.5, 0.6) is 6.01 Å². The van der Waals surface area contributed by atoms with Gasteiger partial charge in [-0.2, -0.15) is 20.3 Å². The molecule has 1 aromatic carbocycles. The number of ether oxygens (including phenoxy) is 2. The van der Waals surface area contributed by atoms with E-state index >= 15 is 0 Å². The Morgan fingerprint density at radius 2 is 2.15 bits per heavy atom. The van der Waals surface area contributed by atoms with E-state index in [2.05, 4.69) is 32.6 Å². The van der Waals surface area contributed by atoms with E-state index < -0.39 is 0 Å². The van der Waals surface area contributed by atoms with Crippen LogP contribution in [0, 0.1) is 23.7 Å². The Bertz CT molecular complexity index is 1490. The molecule has 0 unspecified atom stereocenters. The fraction of sp³-hybridized carbons (Fsp3) is 0.483. The first-order valence-electron chi connectivity index (χ1n) is 13.7. The maximum absolute atomic E-state index is 12.1. The van der Waals surface area contributed by atoms with Crippen LogP contribution in [-0.4, -0.2) is 102 Å². The molecule has 2 aromatic heterocycles. The molecule has 0 radical (unpaired) electrons. The monoisotopic (exact) mass is 542 g/mol. The van der Waals surface area contributed by atoms with Crippen molar-refractivity contribution in [1.82, 2.24) is 30.0 Å². The van der Waals surface area contributed by atoms with Crippen LogP contribution in [0.25, 0.3) is 22.2 Å². The number of nitrogens with one attached hydrogen (secondary N) is 1. The van der Waals surface area contributed by atoms with Gasteiger partial charge in [0.15, 0.2) is 5.82 Å². The number of aryl methyl sites for hydroxylation is 1. The third kappa shape index (κ3) is 4.67. The number of carbonyl (C=O) groups is 1. The maximum Gasteiger partial charge on any atom is 0.319 e. The average Bonchev–Trinajstić information content (AvgIpc) is 3.71. The lowest BCUT2D eigenvalue weighted by molar-refractivity contribution is -0.136. The summed E-state index contributed by atoms with van der Waals surface area (Å²) in [6.45, 7) is 11.5. The molecule has 0 bridgehead atoms. The number of rotatable bonds is 8. The average molecular weight is 543 g/mol. The smallest absolute Gasteiger partial charge is 0.319 e. The van der Waals surface area contributed by atoms with Crippen LogP contribution in [0.4, 0.5) is 5.82 Å². The predicted molar refractivity (Wildman–Crippen MR) is 150 cm³/mol. The minimum absolute atomic E-state index is 0.00827. The largest absolute Gasteiger partial charge is 0.462 e. The van der Waals surface area contributed by atoms with Gasteiger partial charge in [0.05, 0.1) is 23.5 Å². The number of fused-ring (bicyclic) bond motifs is 1. The predicted octanol–water partition coefficient (Wildman–Crippen LogP) is 2.52. The molecule has 3 aliphatic rings. The number of H-pyrrole nitrogens is 1. The van der Waals surface area contributed by atoms with Crippen LogP contribution in [0.2, 0.25) is 0 Å². The minimum atomic E-state index is -0.0414. The number of carbonyl (C=O) groups excluding carboxylic acids is 1. The number of hydrogen-bond acceptors (Lipinski definition) is 9. The molecular formula is C29H34N8O3. The third-order valence-corrected chi connectivity index (χ3v) is 8.53. The molecule has 3 fully saturated rings. The van der Waals surface area contributed by atoms with Gasteiger partial charge < -0.3 is 19.3 Å². The fourth-order valence-electron chi connectivity index (χ4n) is 6.33. The molecule has 5 heterocycles. The van der Waals surface area contributed by atoms with E-state index in [9.17, 15) is 10.1 Å². The van der Waals surface area contributed by atoms with Crippen LogP contribution in [0.3, 0.4) is 0 Å². The van der Waals surface area contributed by atoms with Gasteiger partial charge in [-0.3, -0.25) is 14.8 Å². The maximum atomic E-state index is 12.1. The normalized spacial score (nSPS) is 20.2. The standard InChI is InChI=1S/C29H34N8O3/c1-4-24(38)37-17-29(18-37)8-10-36(16-29)27-21(13-30)26(25-19(2)5-6-23-22(25)14-31-34-23)32-28(33-27)40-12-11-35-9-7-20(15-35)39-3/h4-6,14,20H,1,7-12,15-18H2,2-3H3,(H,31,34)/t20-/m0/s1. The Labute approximate surface area is 233 Å². The molecule has 1 spiro atoms. The van der Waals surface area contributed by atoms with E-state index in [4.69, 9.17) is 19.4 Å².